The zero-order valence-corrected chi connectivity index (χ0v) is 14.6. The molecule has 0 N–H and O–H groups in total. The molecule has 0 fully saturated rings. The number of nitrogens with zero attached hydrogens (tertiary/aromatic N) is 5. The van der Waals surface area contributed by atoms with Crippen molar-refractivity contribution in [1.29, 1.82) is 0 Å². The molecule has 0 radical (unpaired) electrons. The van der Waals surface area contributed by atoms with Gasteiger partial charge < -0.3 is 4.52 Å². The Labute approximate surface area is 149 Å². The summed E-state index contributed by atoms with van der Waals surface area (Å²) in [5, 5.41) is 12.3. The van der Waals surface area contributed by atoms with Crippen LogP contribution < -0.4 is 0 Å². The molecule has 6 nitrogen and oxygen atoms in total. The van der Waals surface area contributed by atoms with Gasteiger partial charge in [0, 0.05) is 0 Å². The third kappa shape index (κ3) is 2.67. The lowest BCUT2D eigenvalue weighted by Gasteiger charge is -2.07. The van der Waals surface area contributed by atoms with Crippen LogP contribution in [0.15, 0.2) is 47.0 Å². The predicted octanol–water partition coefficient (Wildman–Crippen LogP) is 4.05. The molecule has 0 saturated heterocycles. The van der Waals surface area contributed by atoms with E-state index in [2.05, 4.69) is 26.5 Å². The summed E-state index contributed by atoms with van der Waals surface area (Å²) >= 11 is 0. The van der Waals surface area contributed by atoms with E-state index in [4.69, 9.17) is 4.52 Å². The standard InChI is InChI=1S/C19H16FN5O/c1-11-8-9-16(12(2)10-11)25-13(3)17(22-24-25)19-21-18(23-26-19)14-6-4-5-7-15(14)20/h4-10H,1-3H3. The van der Waals surface area contributed by atoms with Crippen molar-refractivity contribution in [2.45, 2.75) is 20.8 Å². The summed E-state index contributed by atoms with van der Waals surface area (Å²) in [7, 11) is 0. The fourth-order valence-electron chi connectivity index (χ4n) is 2.87. The smallest absolute Gasteiger partial charge is 0.280 e. The lowest BCUT2D eigenvalue weighted by molar-refractivity contribution is 0.430. The molecule has 0 unspecified atom stereocenters. The van der Waals surface area contributed by atoms with E-state index < -0.39 is 5.82 Å². The van der Waals surface area contributed by atoms with E-state index in [-0.39, 0.29) is 17.3 Å². The van der Waals surface area contributed by atoms with Crippen LogP contribution >= 0.6 is 0 Å². The normalized spacial score (nSPS) is 11.1. The second kappa shape index (κ2) is 6.18. The number of hydrogen-bond donors (Lipinski definition) is 0. The van der Waals surface area contributed by atoms with Crippen LogP contribution in [-0.2, 0) is 0 Å². The molecule has 0 bridgehead atoms. The number of hydrogen-bond acceptors (Lipinski definition) is 5. The highest BCUT2D eigenvalue weighted by Gasteiger charge is 2.20. The summed E-state index contributed by atoms with van der Waals surface area (Å²) in [5.74, 6) is -0.0224. The van der Waals surface area contributed by atoms with Crippen molar-refractivity contribution in [2.24, 2.45) is 0 Å². The van der Waals surface area contributed by atoms with Crippen LogP contribution in [0, 0.1) is 26.6 Å². The van der Waals surface area contributed by atoms with E-state index in [1.807, 2.05) is 32.9 Å². The molecule has 0 aliphatic rings. The molecular formula is C19H16FN5O. The second-order valence-corrected chi connectivity index (χ2v) is 6.13. The maximum absolute atomic E-state index is 13.9. The molecular weight excluding hydrogens is 333 g/mol. The average molecular weight is 349 g/mol. The second-order valence-electron chi connectivity index (χ2n) is 6.13. The van der Waals surface area contributed by atoms with Crippen LogP contribution in [0.4, 0.5) is 4.39 Å². The molecule has 2 aromatic heterocycles. The number of aryl methyl sites for hydroxylation is 2. The number of aromatic nitrogens is 5. The Kier molecular flexibility index (Phi) is 3.84. The van der Waals surface area contributed by atoms with Crippen molar-refractivity contribution < 1.29 is 8.91 Å². The largest absolute Gasteiger partial charge is 0.332 e. The Morgan fingerprint density at radius 3 is 2.62 bits per heavy atom. The van der Waals surface area contributed by atoms with Crippen LogP contribution in [0.5, 0.6) is 0 Å². The zero-order valence-electron chi connectivity index (χ0n) is 14.6. The molecule has 0 aliphatic carbocycles. The van der Waals surface area contributed by atoms with E-state index in [0.29, 0.717) is 5.69 Å². The topological polar surface area (TPSA) is 69.6 Å². The van der Waals surface area contributed by atoms with E-state index in [9.17, 15) is 4.39 Å². The van der Waals surface area contributed by atoms with Gasteiger partial charge in [0.05, 0.1) is 16.9 Å². The Hall–Kier alpha value is -3.35. The molecule has 0 spiro atoms. The SMILES string of the molecule is Cc1ccc(-n2nnc(-c3nc(-c4ccccc4F)no3)c2C)c(C)c1. The van der Waals surface area contributed by atoms with Crippen molar-refractivity contribution in [3.05, 3.63) is 65.1 Å². The highest BCUT2D eigenvalue weighted by atomic mass is 19.1. The molecule has 0 amide bonds. The zero-order chi connectivity index (χ0) is 18.3. The number of benzene rings is 2. The predicted molar refractivity (Wildman–Crippen MR) is 94.3 cm³/mol. The number of rotatable bonds is 3. The van der Waals surface area contributed by atoms with Gasteiger partial charge in [-0.2, -0.15) is 4.98 Å². The van der Waals surface area contributed by atoms with Crippen LogP contribution in [0.3, 0.4) is 0 Å². The molecule has 4 rings (SSSR count). The summed E-state index contributed by atoms with van der Waals surface area (Å²) in [6, 6.07) is 12.4. The first-order chi connectivity index (χ1) is 12.5. The van der Waals surface area contributed by atoms with Crippen molar-refractivity contribution in [3.8, 4) is 28.7 Å². The molecule has 0 saturated carbocycles. The Morgan fingerprint density at radius 1 is 1.04 bits per heavy atom. The van der Waals surface area contributed by atoms with Gasteiger partial charge in [0.2, 0.25) is 5.82 Å². The highest BCUT2D eigenvalue weighted by Crippen LogP contribution is 2.26. The Morgan fingerprint density at radius 2 is 1.85 bits per heavy atom. The Bertz CT molecular complexity index is 1100. The fraction of sp³-hybridized carbons (Fsp3) is 0.158. The van der Waals surface area contributed by atoms with Gasteiger partial charge in [-0.15, -0.1) is 5.10 Å². The van der Waals surface area contributed by atoms with Gasteiger partial charge in [-0.05, 0) is 44.5 Å². The summed E-state index contributed by atoms with van der Waals surface area (Å²) in [5.41, 5.74) is 4.71. The van der Waals surface area contributed by atoms with Crippen LogP contribution in [0.2, 0.25) is 0 Å². The van der Waals surface area contributed by atoms with Gasteiger partial charge in [-0.1, -0.05) is 40.2 Å². The molecule has 7 heteroatoms. The van der Waals surface area contributed by atoms with Crippen molar-refractivity contribution >= 4 is 0 Å². The molecule has 2 aromatic carbocycles. The van der Waals surface area contributed by atoms with Crippen LogP contribution in [0.1, 0.15) is 16.8 Å². The third-order valence-electron chi connectivity index (χ3n) is 4.22. The highest BCUT2D eigenvalue weighted by molar-refractivity contribution is 5.59. The van der Waals surface area contributed by atoms with Crippen LogP contribution in [-0.4, -0.2) is 25.1 Å². The van der Waals surface area contributed by atoms with Crippen LogP contribution in [0.25, 0.3) is 28.7 Å². The van der Waals surface area contributed by atoms with E-state index in [1.54, 1.807) is 22.9 Å². The Balaban J connectivity index is 1.75. The van der Waals surface area contributed by atoms with Gasteiger partial charge in [0.25, 0.3) is 5.89 Å². The van der Waals surface area contributed by atoms with Gasteiger partial charge in [0.1, 0.15) is 5.82 Å². The molecule has 0 aliphatic heterocycles. The minimum atomic E-state index is -0.407. The van der Waals surface area contributed by atoms with Gasteiger partial charge >= 0.3 is 0 Å². The summed E-state index contributed by atoms with van der Waals surface area (Å²) in [6.07, 6.45) is 0. The van der Waals surface area contributed by atoms with E-state index in [0.717, 1.165) is 16.9 Å². The van der Waals surface area contributed by atoms with E-state index in [1.165, 1.54) is 11.6 Å². The summed E-state index contributed by atoms with van der Waals surface area (Å²) in [6.45, 7) is 5.94. The number of halogens is 1. The molecule has 4 aromatic rings. The molecule has 2 heterocycles. The van der Waals surface area contributed by atoms with Crippen molar-refractivity contribution in [3.63, 3.8) is 0 Å². The first-order valence-corrected chi connectivity index (χ1v) is 8.13. The summed E-state index contributed by atoms with van der Waals surface area (Å²) in [4.78, 5) is 4.28. The first kappa shape index (κ1) is 16.1. The molecule has 26 heavy (non-hydrogen) atoms. The van der Waals surface area contributed by atoms with Gasteiger partial charge in [-0.3, -0.25) is 0 Å². The molecule has 0 atom stereocenters. The minimum absolute atomic E-state index is 0.179. The lowest BCUT2D eigenvalue weighted by Crippen LogP contribution is -2.01. The fourth-order valence-corrected chi connectivity index (χ4v) is 2.87. The van der Waals surface area contributed by atoms with E-state index >= 15 is 0 Å². The van der Waals surface area contributed by atoms with Gasteiger partial charge in [-0.25, -0.2) is 9.07 Å². The quantitative estimate of drug-likeness (QED) is 0.558. The van der Waals surface area contributed by atoms with Crippen molar-refractivity contribution in [2.75, 3.05) is 0 Å². The maximum atomic E-state index is 13.9. The maximum Gasteiger partial charge on any atom is 0.280 e. The molecule has 130 valence electrons. The average Bonchev–Trinajstić information content (AvgIpc) is 3.22. The minimum Gasteiger partial charge on any atom is -0.332 e. The third-order valence-corrected chi connectivity index (χ3v) is 4.22. The van der Waals surface area contributed by atoms with Gasteiger partial charge in [0.15, 0.2) is 5.69 Å². The monoisotopic (exact) mass is 349 g/mol. The first-order valence-electron chi connectivity index (χ1n) is 8.13. The lowest BCUT2D eigenvalue weighted by atomic mass is 10.1. The van der Waals surface area contributed by atoms with Crippen molar-refractivity contribution in [1.82, 2.24) is 25.1 Å². The summed E-state index contributed by atoms with van der Waals surface area (Å²) < 4.78 is 20.9.